The number of imidazole rings is 1. The number of hydrogen-bond acceptors (Lipinski definition) is 6. The van der Waals surface area contributed by atoms with Gasteiger partial charge in [-0.25, -0.2) is 23.1 Å². The van der Waals surface area contributed by atoms with Gasteiger partial charge in [0.05, 0.1) is 42.0 Å². The third-order valence-corrected chi connectivity index (χ3v) is 7.17. The van der Waals surface area contributed by atoms with Gasteiger partial charge in [0.2, 0.25) is 0 Å². The fourth-order valence-electron chi connectivity index (χ4n) is 5.10. The van der Waals surface area contributed by atoms with Crippen LogP contribution >= 0.6 is 0 Å². The normalized spacial score (nSPS) is 17.7. The minimum Gasteiger partial charge on any atom is -0.381 e. The van der Waals surface area contributed by atoms with Crippen molar-refractivity contribution in [2.24, 2.45) is 10.9 Å². The summed E-state index contributed by atoms with van der Waals surface area (Å²) in [6.07, 6.45) is 3.34. The Labute approximate surface area is 230 Å². The number of halogens is 3. The molecule has 0 radical (unpaired) electrons. The smallest absolute Gasteiger partial charge is 0.254 e. The highest BCUT2D eigenvalue weighted by Crippen LogP contribution is 2.35. The van der Waals surface area contributed by atoms with Crippen LogP contribution in [0, 0.1) is 11.7 Å². The maximum Gasteiger partial charge on any atom is 0.254 e. The van der Waals surface area contributed by atoms with Crippen molar-refractivity contribution >= 4 is 23.0 Å². The van der Waals surface area contributed by atoms with Crippen LogP contribution < -0.4 is 10.6 Å². The highest BCUT2D eigenvalue weighted by atomic mass is 19.3. The first-order chi connectivity index (χ1) is 19.2. The summed E-state index contributed by atoms with van der Waals surface area (Å²) >= 11 is 0. The number of ether oxygens (including phenoxy) is 1. The summed E-state index contributed by atoms with van der Waals surface area (Å²) in [5, 5.41) is 6.16. The molecule has 2 aromatic heterocycles. The van der Waals surface area contributed by atoms with E-state index in [9.17, 15) is 18.0 Å². The Morgan fingerprint density at radius 2 is 2.23 bits per heavy atom. The minimum atomic E-state index is -2.47. The van der Waals surface area contributed by atoms with Crippen LogP contribution in [0.25, 0.3) is 16.9 Å². The van der Waals surface area contributed by atoms with Crippen LogP contribution in [-0.4, -0.2) is 65.7 Å². The molecule has 1 amide bonds. The zero-order chi connectivity index (χ0) is 28.4. The second-order valence-electron chi connectivity index (χ2n) is 9.94. The van der Waals surface area contributed by atoms with E-state index in [0.717, 1.165) is 28.8 Å². The average molecular weight is 553 g/mol. The standard InChI is InChI=1S/C29H31F3N6O2/c1-4-26(36-23(14-37(3)15-25(31)32)17(2)18-8-10-40-16-18)35-22-6-5-20(21-12-34-29(39)28(21)22)24-13-33-27-11-19(30)7-9-38(24)27/h4-7,9,11,13,18,25,35H,2,8,10,12,14-16H2,1,3H3,(H,34,39)/b26-4-,36-23?/t18-/m0/s1. The van der Waals surface area contributed by atoms with Gasteiger partial charge in [0, 0.05) is 43.4 Å². The number of nitrogens with one attached hydrogen (secondary N) is 2. The summed E-state index contributed by atoms with van der Waals surface area (Å²) in [5.74, 6) is -0.0952. The Morgan fingerprint density at radius 3 is 2.95 bits per heavy atom. The van der Waals surface area contributed by atoms with Crippen molar-refractivity contribution in [3.05, 3.63) is 77.7 Å². The van der Waals surface area contributed by atoms with Crippen molar-refractivity contribution in [1.82, 2.24) is 19.6 Å². The molecular weight excluding hydrogens is 521 g/mol. The van der Waals surface area contributed by atoms with E-state index in [0.29, 0.717) is 48.2 Å². The third-order valence-electron chi connectivity index (χ3n) is 7.17. The monoisotopic (exact) mass is 552 g/mol. The lowest BCUT2D eigenvalue weighted by molar-refractivity contribution is 0.0966. The molecule has 2 aliphatic rings. The Kier molecular flexibility index (Phi) is 8.04. The predicted molar refractivity (Wildman–Crippen MR) is 148 cm³/mol. The number of anilines is 1. The van der Waals surface area contributed by atoms with Crippen LogP contribution in [0.3, 0.4) is 0 Å². The van der Waals surface area contributed by atoms with Gasteiger partial charge < -0.3 is 15.4 Å². The summed E-state index contributed by atoms with van der Waals surface area (Å²) < 4.78 is 47.1. The van der Waals surface area contributed by atoms with E-state index in [1.54, 1.807) is 42.9 Å². The molecule has 40 heavy (non-hydrogen) atoms. The number of amides is 1. The lowest BCUT2D eigenvalue weighted by atomic mass is 9.95. The van der Waals surface area contributed by atoms with Gasteiger partial charge in [-0.05, 0) is 49.7 Å². The van der Waals surface area contributed by atoms with Crippen LogP contribution in [0.1, 0.15) is 29.3 Å². The Hall–Kier alpha value is -3.96. The van der Waals surface area contributed by atoms with Crippen molar-refractivity contribution in [3.8, 4) is 11.3 Å². The van der Waals surface area contributed by atoms with Crippen molar-refractivity contribution in [1.29, 1.82) is 0 Å². The second-order valence-corrected chi connectivity index (χ2v) is 9.94. The molecule has 8 nitrogen and oxygen atoms in total. The van der Waals surface area contributed by atoms with E-state index in [1.807, 2.05) is 6.07 Å². The van der Waals surface area contributed by atoms with Crippen molar-refractivity contribution in [2.75, 3.05) is 38.7 Å². The van der Waals surface area contributed by atoms with E-state index in [2.05, 4.69) is 22.2 Å². The van der Waals surface area contributed by atoms with Crippen LogP contribution in [0.4, 0.5) is 18.9 Å². The zero-order valence-electron chi connectivity index (χ0n) is 22.4. The molecule has 0 spiro atoms. The highest BCUT2D eigenvalue weighted by molar-refractivity contribution is 6.06. The first kappa shape index (κ1) is 27.6. The van der Waals surface area contributed by atoms with Gasteiger partial charge in [0.1, 0.15) is 17.3 Å². The van der Waals surface area contributed by atoms with Crippen molar-refractivity contribution in [2.45, 2.75) is 26.3 Å². The quantitative estimate of drug-likeness (QED) is 0.350. The molecule has 1 atom stereocenters. The lowest BCUT2D eigenvalue weighted by Crippen LogP contribution is -2.32. The van der Waals surface area contributed by atoms with E-state index in [4.69, 9.17) is 9.73 Å². The number of alkyl halides is 2. The Balaban J connectivity index is 1.48. The fourth-order valence-corrected chi connectivity index (χ4v) is 5.10. The van der Waals surface area contributed by atoms with E-state index in [-0.39, 0.29) is 24.2 Å². The summed E-state index contributed by atoms with van der Waals surface area (Å²) in [7, 11) is 1.62. The molecule has 1 fully saturated rings. The topological polar surface area (TPSA) is 83.3 Å². The summed E-state index contributed by atoms with van der Waals surface area (Å²) in [5.41, 5.74) is 5.14. The molecule has 0 aliphatic carbocycles. The first-order valence-corrected chi connectivity index (χ1v) is 13.1. The lowest BCUT2D eigenvalue weighted by Gasteiger charge is -2.22. The van der Waals surface area contributed by atoms with E-state index in [1.165, 1.54) is 17.0 Å². The summed E-state index contributed by atoms with van der Waals surface area (Å²) in [4.78, 5) is 23.6. The fraction of sp³-hybridized carbons (Fsp3) is 0.345. The molecule has 3 aromatic rings. The molecule has 4 heterocycles. The van der Waals surface area contributed by atoms with Crippen molar-refractivity contribution < 1.29 is 22.7 Å². The predicted octanol–water partition coefficient (Wildman–Crippen LogP) is 4.89. The maximum atomic E-state index is 13.7. The molecule has 0 unspecified atom stereocenters. The van der Waals surface area contributed by atoms with Gasteiger partial charge in [-0.1, -0.05) is 12.6 Å². The second kappa shape index (κ2) is 11.6. The number of allylic oxidation sites excluding steroid dienone is 1. The van der Waals surface area contributed by atoms with Gasteiger partial charge >= 0.3 is 0 Å². The van der Waals surface area contributed by atoms with Gasteiger partial charge in [-0.3, -0.25) is 14.1 Å². The number of fused-ring (bicyclic) bond motifs is 2. The molecule has 5 rings (SSSR count). The molecule has 1 saturated heterocycles. The molecule has 0 saturated carbocycles. The zero-order valence-corrected chi connectivity index (χ0v) is 22.4. The largest absolute Gasteiger partial charge is 0.381 e. The molecular formula is C29H31F3N6O2. The van der Waals surface area contributed by atoms with Gasteiger partial charge in [0.15, 0.2) is 0 Å². The van der Waals surface area contributed by atoms with E-state index >= 15 is 0 Å². The SMILES string of the molecule is C=C(C(CN(C)CC(F)F)=N/C(=C\C)Nc1ccc(-c2cnc3cc(F)ccn23)c2c1C(=O)NC2)[C@H]1CCOC1. The Morgan fingerprint density at radius 1 is 1.40 bits per heavy atom. The number of hydrogen-bond donors (Lipinski definition) is 2. The summed E-state index contributed by atoms with van der Waals surface area (Å²) in [6.45, 7) is 7.28. The van der Waals surface area contributed by atoms with E-state index < -0.39 is 13.0 Å². The Bertz CT molecular complexity index is 1510. The number of nitrogens with zero attached hydrogens (tertiary/aromatic N) is 4. The van der Waals surface area contributed by atoms with Crippen LogP contribution in [0.15, 0.2) is 65.7 Å². The number of carbonyl (C=O) groups excluding carboxylic acids is 1. The number of rotatable bonds is 10. The third kappa shape index (κ3) is 5.66. The van der Waals surface area contributed by atoms with Gasteiger partial charge in [0.25, 0.3) is 12.3 Å². The van der Waals surface area contributed by atoms with Gasteiger partial charge in [-0.15, -0.1) is 0 Å². The number of aliphatic imine (C=N–C) groups is 1. The van der Waals surface area contributed by atoms with Crippen molar-refractivity contribution in [3.63, 3.8) is 0 Å². The van der Waals surface area contributed by atoms with Crippen LogP contribution in [0.5, 0.6) is 0 Å². The molecule has 11 heteroatoms. The average Bonchev–Trinajstić information content (AvgIpc) is 3.67. The van der Waals surface area contributed by atoms with Gasteiger partial charge in [-0.2, -0.15) is 0 Å². The van der Waals surface area contributed by atoms with Crippen LogP contribution in [-0.2, 0) is 11.3 Å². The number of carbonyl (C=O) groups is 1. The van der Waals surface area contributed by atoms with Crippen LogP contribution in [0.2, 0.25) is 0 Å². The first-order valence-electron chi connectivity index (χ1n) is 13.1. The molecule has 2 N–H and O–H groups in total. The number of benzene rings is 1. The molecule has 2 aliphatic heterocycles. The maximum absolute atomic E-state index is 13.7. The summed E-state index contributed by atoms with van der Waals surface area (Å²) in [6, 6.07) is 6.39. The highest BCUT2D eigenvalue weighted by Gasteiger charge is 2.28. The molecule has 0 bridgehead atoms. The number of aromatic nitrogens is 2. The minimum absolute atomic E-state index is 0.0602. The number of pyridine rings is 1. The molecule has 1 aromatic carbocycles. The molecule has 210 valence electrons.